The second-order valence-electron chi connectivity index (χ2n) is 5.39. The fourth-order valence-electron chi connectivity index (χ4n) is 2.50. The van der Waals surface area contributed by atoms with Gasteiger partial charge in [0.2, 0.25) is 0 Å². The minimum absolute atomic E-state index is 0.238. The second kappa shape index (κ2) is 7.15. The van der Waals surface area contributed by atoms with Crippen LogP contribution in [0.25, 0.3) is 0 Å². The van der Waals surface area contributed by atoms with E-state index in [0.717, 1.165) is 31.7 Å². The number of carbonyl (C=O) groups excluding carboxylic acids is 1. The molecule has 2 aromatic rings. The van der Waals surface area contributed by atoms with Gasteiger partial charge < -0.3 is 10.2 Å². The standard InChI is InChI=1S/C16H16Cl2N4O/c17-11-4-5-12(18)13(8-11)21-16(23)14-9-20-15(10-19-14)22-6-2-1-3-7-22/h4-5,8-10H,1-3,6-7H2,(H,21,23). The van der Waals surface area contributed by atoms with Gasteiger partial charge in [-0.1, -0.05) is 23.2 Å². The molecule has 120 valence electrons. The Labute approximate surface area is 144 Å². The SMILES string of the molecule is O=C(Nc1cc(Cl)ccc1Cl)c1cnc(N2CCCCC2)cn1. The molecule has 0 saturated carbocycles. The predicted molar refractivity (Wildman–Crippen MR) is 92.5 cm³/mol. The molecule has 0 radical (unpaired) electrons. The first-order valence-electron chi connectivity index (χ1n) is 7.47. The lowest BCUT2D eigenvalue weighted by Gasteiger charge is -2.27. The van der Waals surface area contributed by atoms with Gasteiger partial charge in [-0.05, 0) is 37.5 Å². The molecule has 1 amide bonds. The zero-order chi connectivity index (χ0) is 16.2. The zero-order valence-electron chi connectivity index (χ0n) is 12.4. The van der Waals surface area contributed by atoms with E-state index in [1.807, 2.05) is 0 Å². The van der Waals surface area contributed by atoms with Crippen LogP contribution in [0.5, 0.6) is 0 Å². The lowest BCUT2D eigenvalue weighted by atomic mass is 10.1. The van der Waals surface area contributed by atoms with Gasteiger partial charge in [-0.15, -0.1) is 0 Å². The summed E-state index contributed by atoms with van der Waals surface area (Å²) in [6.07, 6.45) is 6.71. The van der Waals surface area contributed by atoms with Crippen LogP contribution in [0, 0.1) is 0 Å². The Morgan fingerprint density at radius 3 is 2.57 bits per heavy atom. The molecule has 3 rings (SSSR count). The highest BCUT2D eigenvalue weighted by Gasteiger charge is 2.15. The van der Waals surface area contributed by atoms with E-state index in [2.05, 4.69) is 20.2 Å². The number of hydrogen-bond acceptors (Lipinski definition) is 4. The maximum Gasteiger partial charge on any atom is 0.275 e. The Balaban J connectivity index is 1.71. The van der Waals surface area contributed by atoms with Gasteiger partial charge in [0, 0.05) is 18.1 Å². The predicted octanol–water partition coefficient (Wildman–Crippen LogP) is 4.03. The molecule has 0 atom stereocenters. The molecule has 0 spiro atoms. The van der Waals surface area contributed by atoms with Gasteiger partial charge in [-0.3, -0.25) is 4.79 Å². The molecule has 1 N–H and O–H groups in total. The number of anilines is 2. The molecule has 1 saturated heterocycles. The third kappa shape index (κ3) is 3.92. The molecular weight excluding hydrogens is 335 g/mol. The number of piperidine rings is 1. The number of aromatic nitrogens is 2. The second-order valence-corrected chi connectivity index (χ2v) is 6.23. The van der Waals surface area contributed by atoms with Crippen molar-refractivity contribution < 1.29 is 4.79 Å². The molecule has 1 fully saturated rings. The van der Waals surface area contributed by atoms with E-state index >= 15 is 0 Å². The number of halogens is 2. The third-order valence-electron chi connectivity index (χ3n) is 3.73. The van der Waals surface area contributed by atoms with Gasteiger partial charge in [0.15, 0.2) is 0 Å². The number of nitrogens with zero attached hydrogens (tertiary/aromatic N) is 3. The lowest BCUT2D eigenvalue weighted by Crippen LogP contribution is -2.30. The van der Waals surface area contributed by atoms with Gasteiger partial charge in [0.1, 0.15) is 11.5 Å². The van der Waals surface area contributed by atoms with Crippen LogP contribution in [-0.2, 0) is 0 Å². The molecule has 7 heteroatoms. The van der Waals surface area contributed by atoms with E-state index in [-0.39, 0.29) is 11.6 Å². The first kappa shape index (κ1) is 16.0. The molecule has 1 aromatic heterocycles. The quantitative estimate of drug-likeness (QED) is 0.907. The fourth-order valence-corrected chi connectivity index (χ4v) is 2.84. The van der Waals surface area contributed by atoms with Gasteiger partial charge in [0.25, 0.3) is 5.91 Å². The van der Waals surface area contributed by atoms with E-state index in [9.17, 15) is 4.79 Å². The summed E-state index contributed by atoms with van der Waals surface area (Å²) in [5.41, 5.74) is 0.688. The summed E-state index contributed by atoms with van der Waals surface area (Å²) in [6.45, 7) is 1.97. The maximum absolute atomic E-state index is 12.2. The van der Waals surface area contributed by atoms with Crippen molar-refractivity contribution in [3.63, 3.8) is 0 Å². The number of hydrogen-bond donors (Lipinski definition) is 1. The molecule has 0 aliphatic carbocycles. The summed E-state index contributed by atoms with van der Waals surface area (Å²) >= 11 is 11.9. The van der Waals surface area contributed by atoms with Crippen LogP contribution in [0.2, 0.25) is 10.0 Å². The molecule has 1 aromatic carbocycles. The maximum atomic E-state index is 12.2. The summed E-state index contributed by atoms with van der Waals surface area (Å²) in [4.78, 5) is 23.0. The van der Waals surface area contributed by atoms with Crippen LogP contribution in [0.3, 0.4) is 0 Å². The van der Waals surface area contributed by atoms with Crippen molar-refractivity contribution in [3.8, 4) is 0 Å². The topological polar surface area (TPSA) is 58.1 Å². The van der Waals surface area contributed by atoms with Crippen molar-refractivity contribution in [1.82, 2.24) is 9.97 Å². The zero-order valence-corrected chi connectivity index (χ0v) is 13.9. The molecule has 23 heavy (non-hydrogen) atoms. The van der Waals surface area contributed by atoms with Crippen LogP contribution < -0.4 is 10.2 Å². The van der Waals surface area contributed by atoms with E-state index in [4.69, 9.17) is 23.2 Å². The molecule has 0 bridgehead atoms. The molecule has 2 heterocycles. The molecule has 1 aliphatic heterocycles. The normalized spacial score (nSPS) is 14.6. The van der Waals surface area contributed by atoms with Crippen molar-refractivity contribution in [2.45, 2.75) is 19.3 Å². The van der Waals surface area contributed by atoms with Gasteiger partial charge in [-0.25, -0.2) is 9.97 Å². The Hall–Kier alpha value is -1.85. The lowest BCUT2D eigenvalue weighted by molar-refractivity contribution is 0.102. The summed E-state index contributed by atoms with van der Waals surface area (Å²) in [5.74, 6) is 0.439. The Morgan fingerprint density at radius 1 is 1.09 bits per heavy atom. The minimum Gasteiger partial charge on any atom is -0.355 e. The largest absolute Gasteiger partial charge is 0.355 e. The summed E-state index contributed by atoms with van der Waals surface area (Å²) in [6, 6.07) is 4.88. The summed E-state index contributed by atoms with van der Waals surface area (Å²) in [5, 5.41) is 3.61. The van der Waals surface area contributed by atoms with Crippen LogP contribution in [0.15, 0.2) is 30.6 Å². The smallest absolute Gasteiger partial charge is 0.275 e. The Bertz CT molecular complexity index is 700. The van der Waals surface area contributed by atoms with Crippen molar-refractivity contribution in [2.75, 3.05) is 23.3 Å². The summed E-state index contributed by atoms with van der Waals surface area (Å²) in [7, 11) is 0. The highest BCUT2D eigenvalue weighted by Crippen LogP contribution is 2.25. The average Bonchev–Trinajstić information content (AvgIpc) is 2.59. The van der Waals surface area contributed by atoms with E-state index < -0.39 is 0 Å². The number of benzene rings is 1. The Kier molecular flexibility index (Phi) is 4.98. The number of carbonyl (C=O) groups is 1. The van der Waals surface area contributed by atoms with E-state index in [1.165, 1.54) is 12.6 Å². The third-order valence-corrected chi connectivity index (χ3v) is 4.29. The highest BCUT2D eigenvalue weighted by atomic mass is 35.5. The van der Waals surface area contributed by atoms with Crippen molar-refractivity contribution in [3.05, 3.63) is 46.3 Å². The first-order chi connectivity index (χ1) is 11.1. The van der Waals surface area contributed by atoms with Crippen LogP contribution in [0.1, 0.15) is 29.8 Å². The van der Waals surface area contributed by atoms with Gasteiger partial charge in [0.05, 0.1) is 23.1 Å². The van der Waals surface area contributed by atoms with E-state index in [1.54, 1.807) is 24.4 Å². The van der Waals surface area contributed by atoms with Crippen LogP contribution in [-0.4, -0.2) is 29.0 Å². The van der Waals surface area contributed by atoms with E-state index in [0.29, 0.717) is 15.7 Å². The van der Waals surface area contributed by atoms with Gasteiger partial charge in [-0.2, -0.15) is 0 Å². The number of amides is 1. The monoisotopic (exact) mass is 350 g/mol. The molecule has 0 unspecified atom stereocenters. The summed E-state index contributed by atoms with van der Waals surface area (Å²) < 4.78 is 0. The first-order valence-corrected chi connectivity index (χ1v) is 8.22. The van der Waals surface area contributed by atoms with Crippen LogP contribution >= 0.6 is 23.2 Å². The van der Waals surface area contributed by atoms with Gasteiger partial charge >= 0.3 is 0 Å². The number of nitrogens with one attached hydrogen (secondary N) is 1. The van der Waals surface area contributed by atoms with Crippen LogP contribution in [0.4, 0.5) is 11.5 Å². The average molecular weight is 351 g/mol. The van der Waals surface area contributed by atoms with Crippen molar-refractivity contribution in [2.24, 2.45) is 0 Å². The molecule has 1 aliphatic rings. The molecule has 5 nitrogen and oxygen atoms in total. The number of rotatable bonds is 3. The fraction of sp³-hybridized carbons (Fsp3) is 0.312. The highest BCUT2D eigenvalue weighted by molar-refractivity contribution is 6.35. The van der Waals surface area contributed by atoms with Crippen molar-refractivity contribution >= 4 is 40.6 Å². The molecular formula is C16H16Cl2N4O. The Morgan fingerprint density at radius 2 is 1.87 bits per heavy atom. The minimum atomic E-state index is -0.369. The van der Waals surface area contributed by atoms with Crippen molar-refractivity contribution in [1.29, 1.82) is 0 Å².